The van der Waals surface area contributed by atoms with Gasteiger partial charge < -0.3 is 10.6 Å². The molecule has 0 aliphatic rings. The summed E-state index contributed by atoms with van der Waals surface area (Å²) in [6, 6.07) is 20.3. The van der Waals surface area contributed by atoms with Crippen LogP contribution in [-0.4, -0.2) is 15.6 Å². The molecule has 0 radical (unpaired) electrons. The zero-order chi connectivity index (χ0) is 23.8. The summed E-state index contributed by atoms with van der Waals surface area (Å²) >= 11 is 0. The van der Waals surface area contributed by atoms with Gasteiger partial charge in [-0.15, -0.1) is 0 Å². The van der Waals surface area contributed by atoms with Crippen molar-refractivity contribution in [2.45, 2.75) is 40.0 Å². The van der Waals surface area contributed by atoms with Crippen molar-refractivity contribution in [2.24, 2.45) is 0 Å². The molecule has 4 aromatic rings. The summed E-state index contributed by atoms with van der Waals surface area (Å²) in [5, 5.41) is 6.32. The Labute approximate surface area is 193 Å². The predicted molar refractivity (Wildman–Crippen MR) is 135 cm³/mol. The zero-order valence-electron chi connectivity index (χ0n) is 19.6. The van der Waals surface area contributed by atoms with Crippen molar-refractivity contribution >= 4 is 28.3 Å². The van der Waals surface area contributed by atoms with Crippen LogP contribution in [0.25, 0.3) is 16.6 Å². The first-order valence-corrected chi connectivity index (χ1v) is 10.9. The van der Waals surface area contributed by atoms with Gasteiger partial charge in [0.05, 0.1) is 16.6 Å². The van der Waals surface area contributed by atoms with Gasteiger partial charge in [-0.25, -0.2) is 9.78 Å². The fraction of sp³-hybridized carbons (Fsp3) is 0.222. The molecule has 6 nitrogen and oxygen atoms in total. The molecule has 1 heterocycles. The number of nitrogens with one attached hydrogen (secondary N) is 2. The predicted octanol–water partition coefficient (Wildman–Crippen LogP) is 5.94. The van der Waals surface area contributed by atoms with E-state index in [9.17, 15) is 9.59 Å². The van der Waals surface area contributed by atoms with Crippen molar-refractivity contribution in [1.29, 1.82) is 0 Å². The van der Waals surface area contributed by atoms with Gasteiger partial charge in [0.1, 0.15) is 5.82 Å². The maximum atomic E-state index is 13.1. The topological polar surface area (TPSA) is 76.0 Å². The van der Waals surface area contributed by atoms with Gasteiger partial charge in [-0.3, -0.25) is 9.36 Å². The van der Waals surface area contributed by atoms with E-state index in [2.05, 4.69) is 36.4 Å². The van der Waals surface area contributed by atoms with Crippen molar-refractivity contribution in [3.63, 3.8) is 0 Å². The fourth-order valence-electron chi connectivity index (χ4n) is 3.81. The molecule has 0 spiro atoms. The lowest BCUT2D eigenvalue weighted by molar-refractivity contribution is 0.262. The number of hydrogen-bond acceptors (Lipinski definition) is 3. The Morgan fingerprint density at radius 1 is 0.909 bits per heavy atom. The highest BCUT2D eigenvalue weighted by Gasteiger charge is 2.14. The van der Waals surface area contributed by atoms with Gasteiger partial charge >= 0.3 is 6.03 Å². The average molecular weight is 441 g/mol. The number of aromatic nitrogens is 2. The van der Waals surface area contributed by atoms with Crippen molar-refractivity contribution in [3.05, 3.63) is 94.0 Å². The maximum Gasteiger partial charge on any atom is 0.323 e. The minimum atomic E-state index is -0.324. The van der Waals surface area contributed by atoms with Crippen LogP contribution in [0.5, 0.6) is 0 Å². The van der Waals surface area contributed by atoms with Crippen LogP contribution >= 0.6 is 0 Å². The number of urea groups is 1. The first kappa shape index (κ1) is 22.3. The van der Waals surface area contributed by atoms with Crippen molar-refractivity contribution in [3.8, 4) is 5.69 Å². The van der Waals surface area contributed by atoms with Crippen LogP contribution in [0.1, 0.15) is 37.7 Å². The van der Waals surface area contributed by atoms with Crippen LogP contribution in [-0.2, 0) is 5.41 Å². The van der Waals surface area contributed by atoms with Crippen molar-refractivity contribution in [1.82, 2.24) is 9.55 Å². The van der Waals surface area contributed by atoms with Gasteiger partial charge in [-0.05, 0) is 72.9 Å². The molecule has 6 heteroatoms. The van der Waals surface area contributed by atoms with Crippen LogP contribution < -0.4 is 16.2 Å². The van der Waals surface area contributed by atoms with Crippen LogP contribution in [0, 0.1) is 13.8 Å². The number of nitrogens with zero attached hydrogens (tertiary/aromatic N) is 2. The number of anilines is 2. The largest absolute Gasteiger partial charge is 0.323 e. The van der Waals surface area contributed by atoms with Gasteiger partial charge in [0.2, 0.25) is 0 Å². The number of amides is 2. The Morgan fingerprint density at radius 2 is 1.61 bits per heavy atom. The van der Waals surface area contributed by atoms with E-state index in [0.717, 1.165) is 11.3 Å². The minimum absolute atomic E-state index is 0.0561. The number of carbonyl (C=O) groups excluding carboxylic acids is 1. The standard InChI is InChI=1S/C27H28N4O2/c1-17-16-21(31-18(2)28-24-9-7-6-8-22(24)25(31)32)14-15-23(17)30-26(33)29-20-12-10-19(11-13-20)27(3,4)5/h6-16H,1-5H3,(H2,29,30,33). The zero-order valence-corrected chi connectivity index (χ0v) is 19.6. The third-order valence-electron chi connectivity index (χ3n) is 5.67. The Bertz CT molecular complexity index is 1400. The number of benzene rings is 3. The third-order valence-corrected chi connectivity index (χ3v) is 5.67. The number of rotatable bonds is 3. The quantitative estimate of drug-likeness (QED) is 0.414. The molecule has 4 rings (SSSR count). The van der Waals surface area contributed by atoms with E-state index in [4.69, 9.17) is 0 Å². The molecule has 168 valence electrons. The Hall–Kier alpha value is -3.93. The normalized spacial score (nSPS) is 11.4. The summed E-state index contributed by atoms with van der Waals surface area (Å²) in [5.41, 5.74) is 4.76. The van der Waals surface area contributed by atoms with Crippen LogP contribution in [0.4, 0.5) is 16.2 Å². The lowest BCUT2D eigenvalue weighted by Crippen LogP contribution is -2.23. The lowest BCUT2D eigenvalue weighted by atomic mass is 9.87. The molecule has 0 saturated carbocycles. The molecular formula is C27H28N4O2. The molecule has 0 atom stereocenters. The molecular weight excluding hydrogens is 412 g/mol. The van der Waals surface area contributed by atoms with E-state index < -0.39 is 0 Å². The molecule has 0 saturated heterocycles. The molecule has 0 aliphatic carbocycles. The summed E-state index contributed by atoms with van der Waals surface area (Å²) in [6.45, 7) is 10.2. The maximum absolute atomic E-state index is 13.1. The SMILES string of the molecule is Cc1cc(-n2c(C)nc3ccccc3c2=O)ccc1NC(=O)Nc1ccc(C(C)(C)C)cc1. The second-order valence-corrected chi connectivity index (χ2v) is 9.22. The molecule has 3 aromatic carbocycles. The highest BCUT2D eigenvalue weighted by molar-refractivity contribution is 6.00. The second-order valence-electron chi connectivity index (χ2n) is 9.22. The Balaban J connectivity index is 1.54. The second kappa shape index (κ2) is 8.54. The molecule has 0 fully saturated rings. The molecule has 2 N–H and O–H groups in total. The number of fused-ring (bicyclic) bond motifs is 1. The number of aryl methyl sites for hydroxylation is 2. The number of hydrogen-bond donors (Lipinski definition) is 2. The first-order chi connectivity index (χ1) is 15.6. The third kappa shape index (κ3) is 4.65. The minimum Gasteiger partial charge on any atom is -0.308 e. The van der Waals surface area contributed by atoms with Gasteiger partial charge in [0, 0.05) is 11.4 Å². The van der Waals surface area contributed by atoms with E-state index in [1.165, 1.54) is 5.56 Å². The molecule has 0 bridgehead atoms. The van der Waals surface area contributed by atoms with E-state index in [-0.39, 0.29) is 17.0 Å². The van der Waals surface area contributed by atoms with Gasteiger partial charge in [-0.2, -0.15) is 0 Å². The Kier molecular flexibility index (Phi) is 5.77. The average Bonchev–Trinajstić information content (AvgIpc) is 2.75. The van der Waals surface area contributed by atoms with E-state index in [0.29, 0.717) is 28.1 Å². The smallest absolute Gasteiger partial charge is 0.308 e. The van der Waals surface area contributed by atoms with E-state index >= 15 is 0 Å². The number of carbonyl (C=O) groups is 1. The van der Waals surface area contributed by atoms with E-state index in [1.54, 1.807) is 16.7 Å². The Morgan fingerprint density at radius 3 is 2.27 bits per heavy atom. The van der Waals surface area contributed by atoms with E-state index in [1.807, 2.05) is 68.4 Å². The van der Waals surface area contributed by atoms with Crippen molar-refractivity contribution in [2.75, 3.05) is 10.6 Å². The summed E-state index contributed by atoms with van der Waals surface area (Å²) < 4.78 is 1.59. The number of para-hydroxylation sites is 1. The summed E-state index contributed by atoms with van der Waals surface area (Å²) in [5.74, 6) is 0.607. The van der Waals surface area contributed by atoms with Crippen LogP contribution in [0.3, 0.4) is 0 Å². The summed E-state index contributed by atoms with van der Waals surface area (Å²) in [4.78, 5) is 30.2. The molecule has 0 aliphatic heterocycles. The molecule has 2 amide bonds. The molecule has 33 heavy (non-hydrogen) atoms. The lowest BCUT2D eigenvalue weighted by Gasteiger charge is -2.19. The highest BCUT2D eigenvalue weighted by atomic mass is 16.2. The molecule has 0 unspecified atom stereocenters. The summed E-state index contributed by atoms with van der Waals surface area (Å²) in [6.07, 6.45) is 0. The first-order valence-electron chi connectivity index (χ1n) is 10.9. The van der Waals surface area contributed by atoms with Gasteiger partial charge in [0.15, 0.2) is 0 Å². The monoisotopic (exact) mass is 440 g/mol. The van der Waals surface area contributed by atoms with Crippen LogP contribution in [0.15, 0.2) is 71.5 Å². The summed E-state index contributed by atoms with van der Waals surface area (Å²) in [7, 11) is 0. The molecule has 1 aromatic heterocycles. The fourth-order valence-corrected chi connectivity index (χ4v) is 3.81. The van der Waals surface area contributed by atoms with Gasteiger partial charge in [-0.1, -0.05) is 45.0 Å². The van der Waals surface area contributed by atoms with Crippen molar-refractivity contribution < 1.29 is 4.79 Å². The van der Waals surface area contributed by atoms with Gasteiger partial charge in [0.25, 0.3) is 5.56 Å². The van der Waals surface area contributed by atoms with Crippen LogP contribution in [0.2, 0.25) is 0 Å². The highest BCUT2D eigenvalue weighted by Crippen LogP contribution is 2.24.